The molecular weight excluding hydrogens is 324 g/mol. The number of nitrogens with zero attached hydrogens (tertiary/aromatic N) is 2. The van der Waals surface area contributed by atoms with E-state index in [2.05, 4.69) is 46.7 Å². The van der Waals surface area contributed by atoms with Gasteiger partial charge in [-0.05, 0) is 37.0 Å². The lowest BCUT2D eigenvalue weighted by Crippen LogP contribution is -2.41. The van der Waals surface area contributed by atoms with E-state index in [1.54, 1.807) is 7.11 Å². The van der Waals surface area contributed by atoms with Crippen LogP contribution in [0.5, 0.6) is 5.75 Å². The number of aliphatic hydroxyl groups is 1. The second-order valence-corrected chi connectivity index (χ2v) is 7.15. The minimum atomic E-state index is -0.997. The molecule has 4 rings (SSSR count). The van der Waals surface area contributed by atoms with Gasteiger partial charge in [-0.2, -0.15) is 0 Å². The van der Waals surface area contributed by atoms with Gasteiger partial charge in [0.25, 0.3) is 11.6 Å². The maximum absolute atomic E-state index is 11.7. The molecule has 2 aromatic rings. The minimum absolute atomic E-state index is 0.522. The summed E-state index contributed by atoms with van der Waals surface area (Å²) in [6.07, 6.45) is 4.25. The predicted molar refractivity (Wildman–Crippen MR) is 104 cm³/mol. The van der Waals surface area contributed by atoms with Crippen LogP contribution in [0.2, 0.25) is 0 Å². The molecule has 0 aliphatic carbocycles. The lowest BCUT2D eigenvalue weighted by atomic mass is 9.99. The Labute approximate surface area is 155 Å². The fraction of sp³-hybridized carbons (Fsp3) is 0.409. The number of para-hydroxylation sites is 2. The van der Waals surface area contributed by atoms with Gasteiger partial charge >= 0.3 is 0 Å². The van der Waals surface area contributed by atoms with Gasteiger partial charge in [-0.15, -0.1) is 0 Å². The molecule has 0 bridgehead atoms. The quantitative estimate of drug-likeness (QED) is 0.856. The van der Waals surface area contributed by atoms with Crippen molar-refractivity contribution in [2.75, 3.05) is 25.1 Å². The summed E-state index contributed by atoms with van der Waals surface area (Å²) in [7, 11) is 1.70. The van der Waals surface area contributed by atoms with Crippen LogP contribution in [0.15, 0.2) is 48.5 Å². The van der Waals surface area contributed by atoms with Crippen LogP contribution in [0.25, 0.3) is 0 Å². The summed E-state index contributed by atoms with van der Waals surface area (Å²) in [5.41, 5.74) is 2.28. The van der Waals surface area contributed by atoms with Gasteiger partial charge in [-0.25, -0.2) is 9.48 Å². The van der Waals surface area contributed by atoms with Gasteiger partial charge in [0.15, 0.2) is 18.0 Å². The molecule has 2 heterocycles. The van der Waals surface area contributed by atoms with E-state index in [0.29, 0.717) is 6.54 Å². The summed E-state index contributed by atoms with van der Waals surface area (Å²) in [6.45, 7) is 3.56. The average molecular weight is 351 g/mol. The largest absolute Gasteiger partial charge is 0.492 e. The van der Waals surface area contributed by atoms with Crippen molar-refractivity contribution in [3.05, 3.63) is 59.7 Å². The molecule has 4 heteroatoms. The fourth-order valence-electron chi connectivity index (χ4n) is 4.22. The number of methoxy groups -OCH3 is 1. The molecule has 2 aromatic carbocycles. The molecule has 0 unspecified atom stereocenters. The van der Waals surface area contributed by atoms with Gasteiger partial charge in [0.1, 0.15) is 0 Å². The standard InChI is InChI=1S/C22H27N2O2/c1-3-17-11-13-18(14-12-17)22(25)16-23(21-10-6-7-15-24(21)22)19-8-4-5-9-20(19)26-2/h4-5,8-9,11-14,25H,3,6-7,10,15-16H2,1-2H3/q+1/t22-/m1/s1. The van der Waals surface area contributed by atoms with Crippen molar-refractivity contribution in [2.45, 2.75) is 38.3 Å². The zero-order valence-corrected chi connectivity index (χ0v) is 15.6. The highest BCUT2D eigenvalue weighted by molar-refractivity contribution is 5.97. The zero-order chi connectivity index (χ0) is 18.1. The van der Waals surface area contributed by atoms with E-state index in [4.69, 9.17) is 4.74 Å². The van der Waals surface area contributed by atoms with Crippen LogP contribution in [-0.4, -0.2) is 35.7 Å². The van der Waals surface area contributed by atoms with Crippen LogP contribution < -0.4 is 9.64 Å². The Bertz CT molecular complexity index is 828. The lowest BCUT2D eigenvalue weighted by Gasteiger charge is -2.24. The Balaban J connectivity index is 1.79. The molecule has 0 saturated heterocycles. The maximum atomic E-state index is 11.7. The van der Waals surface area contributed by atoms with E-state index in [0.717, 1.165) is 49.2 Å². The number of anilines is 1. The molecule has 136 valence electrons. The number of hydrogen-bond donors (Lipinski definition) is 1. The van der Waals surface area contributed by atoms with Gasteiger partial charge in [0.2, 0.25) is 0 Å². The van der Waals surface area contributed by atoms with Gasteiger partial charge in [0.05, 0.1) is 13.7 Å². The zero-order valence-electron chi connectivity index (χ0n) is 15.6. The summed E-state index contributed by atoms with van der Waals surface area (Å²) >= 11 is 0. The smallest absolute Gasteiger partial charge is 0.271 e. The molecule has 2 aliphatic heterocycles. The summed E-state index contributed by atoms with van der Waals surface area (Å²) < 4.78 is 7.78. The fourth-order valence-corrected chi connectivity index (χ4v) is 4.22. The van der Waals surface area contributed by atoms with E-state index in [1.807, 2.05) is 18.2 Å². The highest BCUT2D eigenvalue weighted by Crippen LogP contribution is 2.38. The van der Waals surface area contributed by atoms with Crippen LogP contribution in [-0.2, 0) is 12.1 Å². The van der Waals surface area contributed by atoms with E-state index >= 15 is 0 Å². The molecule has 0 fully saturated rings. The first-order valence-electron chi connectivity index (χ1n) is 9.53. The van der Waals surface area contributed by atoms with Crippen molar-refractivity contribution in [2.24, 2.45) is 0 Å². The summed E-state index contributed by atoms with van der Waals surface area (Å²) in [6, 6.07) is 16.5. The second-order valence-electron chi connectivity index (χ2n) is 7.15. The third-order valence-electron chi connectivity index (χ3n) is 5.68. The first-order chi connectivity index (χ1) is 12.7. The van der Waals surface area contributed by atoms with Crippen LogP contribution >= 0.6 is 0 Å². The number of aryl methyl sites for hydroxylation is 1. The number of β-amino-alcohol motifs (C(OH)–C–C–N with tert-alkyl or cyclic N) is 1. The number of hydrogen-bond acceptors (Lipinski definition) is 3. The second kappa shape index (κ2) is 6.76. The highest BCUT2D eigenvalue weighted by Gasteiger charge is 2.52. The minimum Gasteiger partial charge on any atom is -0.492 e. The van der Waals surface area contributed by atoms with E-state index in [1.165, 1.54) is 11.4 Å². The number of ether oxygens (including phenoxy) is 1. The number of rotatable bonds is 4. The normalized spacial score (nSPS) is 22.5. The van der Waals surface area contributed by atoms with Crippen LogP contribution in [0, 0.1) is 0 Å². The van der Waals surface area contributed by atoms with Crippen molar-refractivity contribution in [3.63, 3.8) is 0 Å². The molecule has 0 spiro atoms. The van der Waals surface area contributed by atoms with Crippen LogP contribution in [0.3, 0.4) is 0 Å². The third kappa shape index (κ3) is 2.69. The Hall–Kier alpha value is -2.33. The van der Waals surface area contributed by atoms with Crippen molar-refractivity contribution in [1.29, 1.82) is 0 Å². The monoisotopic (exact) mass is 351 g/mol. The number of benzene rings is 2. The topological polar surface area (TPSA) is 35.7 Å². The molecule has 4 nitrogen and oxygen atoms in total. The Kier molecular flexibility index (Phi) is 4.45. The van der Waals surface area contributed by atoms with Gasteiger partial charge in [-0.3, -0.25) is 0 Å². The maximum Gasteiger partial charge on any atom is 0.271 e. The van der Waals surface area contributed by atoms with Crippen molar-refractivity contribution in [1.82, 2.24) is 0 Å². The Morgan fingerprint density at radius 2 is 1.88 bits per heavy atom. The molecule has 1 N–H and O–H groups in total. The molecule has 26 heavy (non-hydrogen) atoms. The van der Waals surface area contributed by atoms with Crippen LogP contribution in [0.1, 0.15) is 37.3 Å². The van der Waals surface area contributed by atoms with Gasteiger partial charge < -0.3 is 9.84 Å². The first-order valence-corrected chi connectivity index (χ1v) is 9.53. The summed E-state index contributed by atoms with van der Waals surface area (Å²) in [5, 5.41) is 11.7. The average Bonchev–Trinajstić information content (AvgIpc) is 3.02. The molecular formula is C22H27N2O2+. The Morgan fingerprint density at radius 1 is 1.12 bits per heavy atom. The third-order valence-corrected chi connectivity index (χ3v) is 5.68. The molecule has 0 aromatic heterocycles. The van der Waals surface area contributed by atoms with E-state index in [-0.39, 0.29) is 0 Å². The summed E-state index contributed by atoms with van der Waals surface area (Å²) in [4.78, 5) is 2.24. The lowest BCUT2D eigenvalue weighted by molar-refractivity contribution is -0.661. The van der Waals surface area contributed by atoms with Crippen molar-refractivity contribution < 1.29 is 14.4 Å². The number of amidine groups is 1. The van der Waals surface area contributed by atoms with Crippen molar-refractivity contribution >= 4 is 11.5 Å². The Morgan fingerprint density at radius 3 is 2.62 bits per heavy atom. The predicted octanol–water partition coefficient (Wildman–Crippen LogP) is 3.52. The SMILES string of the molecule is CCc1ccc([C@]2(O)CN(c3ccccc3OC)C3=[N+]2CCCC3)cc1. The van der Waals surface area contributed by atoms with Crippen LogP contribution in [0.4, 0.5) is 5.69 Å². The molecule has 1 atom stereocenters. The highest BCUT2D eigenvalue weighted by atomic mass is 16.5. The van der Waals surface area contributed by atoms with Gasteiger partial charge in [0, 0.05) is 12.0 Å². The van der Waals surface area contributed by atoms with Gasteiger partial charge in [-0.1, -0.05) is 43.3 Å². The van der Waals surface area contributed by atoms with E-state index < -0.39 is 5.72 Å². The van der Waals surface area contributed by atoms with Crippen molar-refractivity contribution in [3.8, 4) is 5.75 Å². The summed E-state index contributed by atoms with van der Waals surface area (Å²) in [5.74, 6) is 2.04. The molecule has 0 radical (unpaired) electrons. The molecule has 0 amide bonds. The first kappa shape index (κ1) is 17.1. The molecule has 2 aliphatic rings. The molecule has 0 saturated carbocycles. The van der Waals surface area contributed by atoms with E-state index in [9.17, 15) is 5.11 Å².